The molecular formula is C76H107ClN10O4S2. The molecule has 6 aromatic rings. The number of hydrogen-bond acceptors (Lipinski definition) is 10. The number of amides is 4. The molecule has 8 fully saturated rings. The first-order valence-electron chi connectivity index (χ1n) is 35.9. The molecule has 2 unspecified atom stereocenters. The standard InChI is InChI=1S/C38H53N5O2S.C30H40N4OS.C8H14ClNO/c1-6-32(36(44)42-14-7-8-15-42)41-19-17-40(18-20-41)16-13-30-31-24-33(38(4,5)37(45)43-28-9-10-29(43)12-11-28)46-35(31)39-34(30)27-22-25(2)21-26(3)23-27;1-19-15-20(2)17-21(16-19)27-24(9-12-33-13-10-31-11-14-33)25-18-26(36-28(25)32-27)30(3,4)29(35)34-22-5-6-23(34)8-7-22;1-2-7(9)8(11)10-5-3-4-6-10/h21-24,28-29,32,39H,6-20H2,1-5H3;15-18,22-23,31-32H,5-14H2,1-4H3;7H,2-6H2,1H3. The van der Waals surface area contributed by atoms with Crippen LogP contribution in [0.15, 0.2) is 48.5 Å². The molecule has 4 aromatic heterocycles. The van der Waals surface area contributed by atoms with Crippen LogP contribution in [0, 0.1) is 27.7 Å². The highest BCUT2D eigenvalue weighted by Gasteiger charge is 2.49. The quantitative estimate of drug-likeness (QED) is 0.0769. The summed E-state index contributed by atoms with van der Waals surface area (Å²) in [6.45, 7) is 35.3. The van der Waals surface area contributed by atoms with Crippen LogP contribution in [0.25, 0.3) is 42.9 Å². The number of carbonyl (C=O) groups is 4. The number of thiophene rings is 2. The van der Waals surface area contributed by atoms with Crippen molar-refractivity contribution in [1.29, 1.82) is 0 Å². The van der Waals surface area contributed by atoms with Crippen LogP contribution < -0.4 is 5.32 Å². The van der Waals surface area contributed by atoms with E-state index in [1.54, 1.807) is 22.7 Å². The van der Waals surface area contributed by atoms with E-state index in [2.05, 4.69) is 156 Å². The van der Waals surface area contributed by atoms with E-state index in [0.29, 0.717) is 41.9 Å². The van der Waals surface area contributed by atoms with Gasteiger partial charge in [-0.2, -0.15) is 0 Å². The number of halogens is 1. The Morgan fingerprint density at radius 2 is 0.882 bits per heavy atom. The van der Waals surface area contributed by atoms with E-state index in [1.165, 1.54) is 137 Å². The van der Waals surface area contributed by atoms with Gasteiger partial charge in [0.05, 0.1) is 28.3 Å². The maximum Gasteiger partial charge on any atom is 0.240 e. The SMILES string of the molecule is CCC(C(=O)N1CCCC1)N1CCN(CCc2c(-c3cc(C)cc(C)c3)[nH]c3sc(C(C)(C)C(=O)N4C5CCC4CC5)cc23)CC1.CCC(Cl)C(=O)N1CCCC1.Cc1cc(C)cc(-c2[nH]c3sc(C(C)(C)C(=O)N4C5CCC4CC5)cc3c2CCN2CCNCC2)c1. The van der Waals surface area contributed by atoms with Crippen molar-refractivity contribution >= 4 is 78.3 Å². The molecule has 4 amide bonds. The van der Waals surface area contributed by atoms with Crippen molar-refractivity contribution in [1.82, 2.24) is 49.6 Å². The van der Waals surface area contributed by atoms with Gasteiger partial charge in [0.2, 0.25) is 23.6 Å². The van der Waals surface area contributed by atoms with E-state index >= 15 is 0 Å². The van der Waals surface area contributed by atoms with Gasteiger partial charge in [0.15, 0.2) is 0 Å². The summed E-state index contributed by atoms with van der Waals surface area (Å²) in [6.07, 6.45) is 17.6. The number of H-pyrrole nitrogens is 2. The summed E-state index contributed by atoms with van der Waals surface area (Å²) in [4.78, 5) is 80.9. The average Bonchev–Trinajstić information content (AvgIpc) is 1.60. The minimum Gasteiger partial charge on any atom is -0.346 e. The molecule has 0 spiro atoms. The molecule has 3 N–H and O–H groups in total. The van der Waals surface area contributed by atoms with Crippen molar-refractivity contribution in [3.05, 3.63) is 91.7 Å². The second-order valence-corrected chi connectivity index (χ2v) is 32.5. The molecular weight excluding hydrogens is 1220 g/mol. The molecule has 17 heteroatoms. The lowest BCUT2D eigenvalue weighted by atomic mass is 9.88. The molecule has 12 heterocycles. The third-order valence-corrected chi connectivity index (χ3v) is 25.7. The Morgan fingerprint density at radius 3 is 1.26 bits per heavy atom. The van der Waals surface area contributed by atoms with Crippen LogP contribution >= 0.6 is 34.3 Å². The molecule has 0 saturated carbocycles. The second-order valence-electron chi connectivity index (χ2n) is 29.9. The molecule has 2 atom stereocenters. The van der Waals surface area contributed by atoms with Crippen molar-refractivity contribution < 1.29 is 19.2 Å². The Labute approximate surface area is 567 Å². The van der Waals surface area contributed by atoms with Crippen LogP contribution in [-0.2, 0) is 42.8 Å². The van der Waals surface area contributed by atoms with Gasteiger partial charge in [-0.1, -0.05) is 48.2 Å². The zero-order valence-electron chi connectivity index (χ0n) is 57.8. The molecule has 8 saturated heterocycles. The summed E-state index contributed by atoms with van der Waals surface area (Å²) in [5.74, 6) is 1.09. The number of aryl methyl sites for hydroxylation is 4. The Hall–Kier alpha value is -5.07. The van der Waals surface area contributed by atoms with E-state index in [0.717, 1.165) is 143 Å². The van der Waals surface area contributed by atoms with E-state index in [4.69, 9.17) is 11.6 Å². The fourth-order valence-electron chi connectivity index (χ4n) is 17.1. The molecule has 93 heavy (non-hydrogen) atoms. The summed E-state index contributed by atoms with van der Waals surface area (Å²) in [7, 11) is 0. The number of nitrogens with zero attached hydrogens (tertiary/aromatic N) is 7. The van der Waals surface area contributed by atoms with Gasteiger partial charge in [0, 0.05) is 136 Å². The highest BCUT2D eigenvalue weighted by Crippen LogP contribution is 2.47. The predicted molar refractivity (Wildman–Crippen MR) is 384 cm³/mol. The summed E-state index contributed by atoms with van der Waals surface area (Å²) >= 11 is 9.37. The number of alkyl halides is 1. The van der Waals surface area contributed by atoms with Crippen molar-refractivity contribution in [2.45, 2.75) is 218 Å². The Balaban J connectivity index is 0.000000157. The molecule has 8 aliphatic rings. The largest absolute Gasteiger partial charge is 0.346 e. The number of aromatic nitrogens is 2. The molecule has 14 nitrogen and oxygen atoms in total. The molecule has 504 valence electrons. The lowest BCUT2D eigenvalue weighted by Crippen LogP contribution is -2.55. The number of aromatic amines is 2. The summed E-state index contributed by atoms with van der Waals surface area (Å²) < 4.78 is 0. The van der Waals surface area contributed by atoms with Crippen LogP contribution in [0.5, 0.6) is 0 Å². The van der Waals surface area contributed by atoms with Gasteiger partial charge in [-0.25, -0.2) is 0 Å². The molecule has 0 radical (unpaired) electrons. The van der Waals surface area contributed by atoms with Gasteiger partial charge in [0.25, 0.3) is 0 Å². The van der Waals surface area contributed by atoms with Gasteiger partial charge in [-0.05, 0) is 217 Å². The number of likely N-dealkylation sites (tertiary alicyclic amines) is 2. The fourth-order valence-corrected chi connectivity index (χ4v) is 19.6. The third-order valence-electron chi connectivity index (χ3n) is 22.4. The van der Waals surface area contributed by atoms with Gasteiger partial charge in [-0.15, -0.1) is 34.3 Å². The Bertz CT molecular complexity index is 3550. The van der Waals surface area contributed by atoms with Crippen LogP contribution in [0.1, 0.15) is 175 Å². The smallest absolute Gasteiger partial charge is 0.240 e. The van der Waals surface area contributed by atoms with Crippen LogP contribution in [0.4, 0.5) is 0 Å². The maximum absolute atomic E-state index is 14.0. The molecule has 0 aliphatic carbocycles. The highest BCUT2D eigenvalue weighted by atomic mass is 35.5. The maximum atomic E-state index is 14.0. The van der Waals surface area contributed by atoms with E-state index in [1.807, 2.05) is 11.8 Å². The van der Waals surface area contributed by atoms with Gasteiger partial charge >= 0.3 is 0 Å². The first-order chi connectivity index (χ1) is 44.7. The molecule has 8 aliphatic heterocycles. The third kappa shape index (κ3) is 14.4. The van der Waals surface area contributed by atoms with Gasteiger partial charge in [0.1, 0.15) is 15.0 Å². The molecule has 14 rings (SSSR count). The van der Waals surface area contributed by atoms with E-state index in [-0.39, 0.29) is 17.3 Å². The topological polar surface area (TPSA) is 135 Å². The molecule has 4 bridgehead atoms. The molecule has 2 aromatic carbocycles. The van der Waals surface area contributed by atoms with Crippen LogP contribution in [0.2, 0.25) is 0 Å². The summed E-state index contributed by atoms with van der Waals surface area (Å²) in [5.41, 5.74) is 11.9. The summed E-state index contributed by atoms with van der Waals surface area (Å²) in [6, 6.07) is 20.2. The summed E-state index contributed by atoms with van der Waals surface area (Å²) in [5, 5.41) is 5.76. The number of nitrogens with one attached hydrogen (secondary N) is 3. The second kappa shape index (κ2) is 28.9. The van der Waals surface area contributed by atoms with Crippen molar-refractivity contribution in [3.63, 3.8) is 0 Å². The first kappa shape index (κ1) is 67.9. The van der Waals surface area contributed by atoms with Crippen LogP contribution in [0.3, 0.4) is 0 Å². The minimum absolute atomic E-state index is 0.0201. The van der Waals surface area contributed by atoms with Gasteiger partial charge < -0.3 is 44.7 Å². The number of hydrogen-bond donors (Lipinski definition) is 3. The zero-order chi connectivity index (χ0) is 65.5. The van der Waals surface area contributed by atoms with Crippen LogP contribution in [-0.4, -0.2) is 195 Å². The van der Waals surface area contributed by atoms with Crippen molar-refractivity contribution in [3.8, 4) is 22.5 Å². The number of benzene rings is 2. The monoisotopic (exact) mass is 1320 g/mol. The first-order valence-corrected chi connectivity index (χ1v) is 38.0. The lowest BCUT2D eigenvalue weighted by molar-refractivity contribution is -0.138. The van der Waals surface area contributed by atoms with Crippen molar-refractivity contribution in [2.24, 2.45) is 0 Å². The van der Waals surface area contributed by atoms with E-state index < -0.39 is 10.8 Å². The Kier molecular flexibility index (Phi) is 21.1. The van der Waals surface area contributed by atoms with E-state index in [9.17, 15) is 19.2 Å². The number of rotatable bonds is 17. The number of fused-ring (bicyclic) bond motifs is 6. The lowest BCUT2D eigenvalue weighted by Gasteiger charge is -2.39. The van der Waals surface area contributed by atoms with Gasteiger partial charge in [-0.3, -0.25) is 24.1 Å². The predicted octanol–water partition coefficient (Wildman–Crippen LogP) is 13.5. The highest BCUT2D eigenvalue weighted by molar-refractivity contribution is 7.19. The Morgan fingerprint density at radius 1 is 0.505 bits per heavy atom. The normalized spacial score (nSPS) is 22.7. The zero-order valence-corrected chi connectivity index (χ0v) is 60.1. The minimum atomic E-state index is -0.536. The number of piperazine rings is 2. The fraction of sp³-hybridized carbons (Fsp3) is 0.632. The number of carbonyl (C=O) groups excluding carboxylic acids is 4. The average molecular weight is 1320 g/mol. The van der Waals surface area contributed by atoms with Crippen molar-refractivity contribution in [2.75, 3.05) is 91.6 Å².